The Balaban J connectivity index is 2.63. The second-order valence-corrected chi connectivity index (χ2v) is 3.59. The Morgan fingerprint density at radius 3 is 2.12 bits per heavy atom. The van der Waals surface area contributed by atoms with E-state index in [4.69, 9.17) is 0 Å². The van der Waals surface area contributed by atoms with Crippen LogP contribution in [0.25, 0.3) is 11.1 Å². The van der Waals surface area contributed by atoms with Crippen LogP contribution >= 0.6 is 0 Å². The van der Waals surface area contributed by atoms with Gasteiger partial charge in [-0.15, -0.1) is 0 Å². The lowest BCUT2D eigenvalue weighted by Gasteiger charge is -2.06. The Morgan fingerprint density at radius 2 is 1.50 bits per heavy atom. The van der Waals surface area contributed by atoms with Gasteiger partial charge in [0.15, 0.2) is 0 Å². The molecule has 0 fully saturated rings. The van der Waals surface area contributed by atoms with Gasteiger partial charge in [0.2, 0.25) is 0 Å². The van der Waals surface area contributed by atoms with E-state index >= 15 is 0 Å². The van der Waals surface area contributed by atoms with Gasteiger partial charge in [0.05, 0.1) is 0 Å². The molecule has 2 aromatic carbocycles. The average molecular weight is 222 g/mol. The minimum absolute atomic E-state index is 0.207. The number of aryl methyl sites for hydroxylation is 1. The van der Waals surface area contributed by atoms with Crippen LogP contribution in [0.5, 0.6) is 0 Å². The summed E-state index contributed by atoms with van der Waals surface area (Å²) in [5.41, 5.74) is 0.860. The van der Waals surface area contributed by atoms with Crippen molar-refractivity contribution in [2.45, 2.75) is 6.92 Å². The molecule has 0 bridgehead atoms. The zero-order chi connectivity index (χ0) is 11.7. The normalized spacial score (nSPS) is 10.5. The number of hydrogen-bond donors (Lipinski definition) is 0. The molecule has 0 aliphatic heterocycles. The summed E-state index contributed by atoms with van der Waals surface area (Å²) in [5, 5.41) is 0. The summed E-state index contributed by atoms with van der Waals surface area (Å²) in [7, 11) is 0. The van der Waals surface area contributed by atoms with Gasteiger partial charge in [-0.2, -0.15) is 0 Å². The zero-order valence-electron chi connectivity index (χ0n) is 8.60. The minimum atomic E-state index is -0.712. The molecule has 0 aliphatic carbocycles. The first-order chi connectivity index (χ1) is 7.58. The summed E-state index contributed by atoms with van der Waals surface area (Å²) in [5.74, 6) is -1.88. The topological polar surface area (TPSA) is 0 Å². The lowest BCUT2D eigenvalue weighted by atomic mass is 10.0. The molecule has 0 heterocycles. The highest BCUT2D eigenvalue weighted by Gasteiger charge is 2.09. The predicted octanol–water partition coefficient (Wildman–Crippen LogP) is 4.08. The van der Waals surface area contributed by atoms with E-state index in [1.54, 1.807) is 19.1 Å². The lowest BCUT2D eigenvalue weighted by Crippen LogP contribution is -1.90. The van der Waals surface area contributed by atoms with E-state index in [9.17, 15) is 13.2 Å². The van der Waals surface area contributed by atoms with Gasteiger partial charge in [-0.05, 0) is 30.2 Å². The average Bonchev–Trinajstić information content (AvgIpc) is 2.20. The highest BCUT2D eigenvalue weighted by atomic mass is 19.1. The molecule has 82 valence electrons. The third kappa shape index (κ3) is 1.94. The van der Waals surface area contributed by atoms with Crippen molar-refractivity contribution in [1.82, 2.24) is 0 Å². The SMILES string of the molecule is Cc1cccc(-c2cc(F)cc(F)c2)c1F. The Labute approximate surface area is 91.4 Å². The van der Waals surface area contributed by atoms with Crippen LogP contribution in [0.2, 0.25) is 0 Å². The van der Waals surface area contributed by atoms with Crippen LogP contribution in [0.15, 0.2) is 36.4 Å². The molecule has 16 heavy (non-hydrogen) atoms. The van der Waals surface area contributed by atoms with Crippen molar-refractivity contribution in [3.8, 4) is 11.1 Å². The molecule has 0 spiro atoms. The van der Waals surface area contributed by atoms with E-state index in [1.807, 2.05) is 0 Å². The smallest absolute Gasteiger partial charge is 0.133 e. The standard InChI is InChI=1S/C13H9F3/c1-8-3-2-4-12(13(8)16)9-5-10(14)7-11(15)6-9/h2-7H,1H3. The van der Waals surface area contributed by atoms with Crippen molar-refractivity contribution in [3.63, 3.8) is 0 Å². The molecule has 2 aromatic rings. The van der Waals surface area contributed by atoms with Gasteiger partial charge in [0, 0.05) is 11.6 Å². The van der Waals surface area contributed by atoms with Gasteiger partial charge in [-0.3, -0.25) is 0 Å². The molecule has 0 N–H and O–H groups in total. The van der Waals surface area contributed by atoms with Crippen molar-refractivity contribution < 1.29 is 13.2 Å². The Bertz CT molecular complexity index is 512. The molecule has 0 saturated carbocycles. The summed E-state index contributed by atoms with van der Waals surface area (Å²) in [6.45, 7) is 1.61. The fourth-order valence-electron chi connectivity index (χ4n) is 1.58. The maximum atomic E-state index is 13.7. The largest absolute Gasteiger partial charge is 0.207 e. The number of rotatable bonds is 1. The maximum absolute atomic E-state index is 13.7. The van der Waals surface area contributed by atoms with Crippen molar-refractivity contribution in [3.05, 3.63) is 59.4 Å². The summed E-state index contributed by atoms with van der Waals surface area (Å²) in [6, 6.07) is 7.74. The van der Waals surface area contributed by atoms with Crippen LogP contribution in [0.4, 0.5) is 13.2 Å². The number of halogens is 3. The molecule has 3 heteroatoms. The zero-order valence-corrected chi connectivity index (χ0v) is 8.60. The molecule has 0 aliphatic rings. The van der Waals surface area contributed by atoms with Gasteiger partial charge in [-0.1, -0.05) is 18.2 Å². The summed E-state index contributed by atoms with van der Waals surface area (Å²) in [6.07, 6.45) is 0. The van der Waals surface area contributed by atoms with E-state index < -0.39 is 17.5 Å². The minimum Gasteiger partial charge on any atom is -0.207 e. The van der Waals surface area contributed by atoms with E-state index in [1.165, 1.54) is 6.07 Å². The third-order valence-electron chi connectivity index (χ3n) is 2.37. The third-order valence-corrected chi connectivity index (χ3v) is 2.37. The molecule has 0 nitrogen and oxygen atoms in total. The monoisotopic (exact) mass is 222 g/mol. The first-order valence-corrected chi connectivity index (χ1v) is 4.79. The Hall–Kier alpha value is -1.77. The molecule has 0 aromatic heterocycles. The second-order valence-electron chi connectivity index (χ2n) is 3.59. The molecule has 0 unspecified atom stereocenters. The first kappa shape index (κ1) is 10.7. The van der Waals surface area contributed by atoms with Crippen LogP contribution in [0, 0.1) is 24.4 Å². The van der Waals surface area contributed by atoms with E-state index in [0.29, 0.717) is 5.56 Å². The summed E-state index contributed by atoms with van der Waals surface area (Å²) >= 11 is 0. The maximum Gasteiger partial charge on any atom is 0.133 e. The van der Waals surface area contributed by atoms with Gasteiger partial charge >= 0.3 is 0 Å². The summed E-state index contributed by atoms with van der Waals surface area (Å²) < 4.78 is 39.7. The van der Waals surface area contributed by atoms with Crippen molar-refractivity contribution in [2.75, 3.05) is 0 Å². The molecule has 0 saturated heterocycles. The predicted molar refractivity (Wildman–Crippen MR) is 56.5 cm³/mol. The number of benzene rings is 2. The van der Waals surface area contributed by atoms with Gasteiger partial charge < -0.3 is 0 Å². The number of hydrogen-bond acceptors (Lipinski definition) is 0. The van der Waals surface area contributed by atoms with Crippen LogP contribution < -0.4 is 0 Å². The van der Waals surface area contributed by atoms with E-state index in [0.717, 1.165) is 18.2 Å². The first-order valence-electron chi connectivity index (χ1n) is 4.79. The highest BCUT2D eigenvalue weighted by molar-refractivity contribution is 5.65. The molecule has 2 rings (SSSR count). The van der Waals surface area contributed by atoms with Crippen LogP contribution in [0.3, 0.4) is 0 Å². The molecule has 0 radical (unpaired) electrons. The van der Waals surface area contributed by atoms with Gasteiger partial charge in [0.25, 0.3) is 0 Å². The highest BCUT2D eigenvalue weighted by Crippen LogP contribution is 2.26. The molecular weight excluding hydrogens is 213 g/mol. The molecule has 0 amide bonds. The van der Waals surface area contributed by atoms with Crippen LogP contribution in [0.1, 0.15) is 5.56 Å². The van der Waals surface area contributed by atoms with Crippen molar-refractivity contribution >= 4 is 0 Å². The lowest BCUT2D eigenvalue weighted by molar-refractivity contribution is 0.583. The second kappa shape index (κ2) is 4.00. The fraction of sp³-hybridized carbons (Fsp3) is 0.0769. The van der Waals surface area contributed by atoms with Gasteiger partial charge in [-0.25, -0.2) is 13.2 Å². The van der Waals surface area contributed by atoms with Crippen LogP contribution in [-0.4, -0.2) is 0 Å². The van der Waals surface area contributed by atoms with Crippen molar-refractivity contribution in [2.24, 2.45) is 0 Å². The Morgan fingerprint density at radius 1 is 0.875 bits per heavy atom. The fourth-order valence-corrected chi connectivity index (χ4v) is 1.58. The van der Waals surface area contributed by atoms with Crippen molar-refractivity contribution in [1.29, 1.82) is 0 Å². The van der Waals surface area contributed by atoms with E-state index in [2.05, 4.69) is 0 Å². The van der Waals surface area contributed by atoms with Gasteiger partial charge in [0.1, 0.15) is 17.5 Å². The van der Waals surface area contributed by atoms with E-state index in [-0.39, 0.29) is 11.1 Å². The molecule has 0 atom stereocenters. The van der Waals surface area contributed by atoms with Crippen LogP contribution in [-0.2, 0) is 0 Å². The Kier molecular flexibility index (Phi) is 2.69. The molecular formula is C13H9F3. The quantitative estimate of drug-likeness (QED) is 0.682. The summed E-state index contributed by atoms with van der Waals surface area (Å²) in [4.78, 5) is 0.